The highest BCUT2D eigenvalue weighted by Crippen LogP contribution is 2.36. The van der Waals surface area contributed by atoms with Gasteiger partial charge in [0.2, 0.25) is 26.0 Å². The van der Waals surface area contributed by atoms with Crippen molar-refractivity contribution in [1.29, 1.82) is 0 Å². The molecule has 0 aliphatic carbocycles. The summed E-state index contributed by atoms with van der Waals surface area (Å²) in [7, 11) is -9.72. The highest BCUT2D eigenvalue weighted by molar-refractivity contribution is 7.94. The fourth-order valence-electron chi connectivity index (χ4n) is 3.44. The van der Waals surface area contributed by atoms with Crippen LogP contribution in [0.4, 0.5) is 5.69 Å². The summed E-state index contributed by atoms with van der Waals surface area (Å²) < 4.78 is 75.2. The minimum Gasteiger partial charge on any atom is -0.273 e. The molecule has 9 nitrogen and oxygen atoms in total. The third-order valence-electron chi connectivity index (χ3n) is 5.06. The highest BCUT2D eigenvalue weighted by atomic mass is 32.2. The number of carbonyl (C=O) groups is 1. The molecule has 156 valence electrons. The lowest BCUT2D eigenvalue weighted by atomic mass is 9.95. The van der Waals surface area contributed by atoms with E-state index >= 15 is 0 Å². The molecule has 0 bridgehead atoms. The van der Waals surface area contributed by atoms with Crippen LogP contribution in [0.3, 0.4) is 0 Å². The Morgan fingerprint density at radius 2 is 1.68 bits per heavy atom. The van der Waals surface area contributed by atoms with Crippen molar-refractivity contribution in [2.45, 2.75) is 31.2 Å². The summed E-state index contributed by atoms with van der Waals surface area (Å²) in [6.45, 7) is 3.08. The molecule has 3 rings (SSSR count). The molecule has 1 aromatic rings. The van der Waals surface area contributed by atoms with Gasteiger partial charge in [0, 0.05) is 13.1 Å². The number of sulfone groups is 1. The van der Waals surface area contributed by atoms with Crippen molar-refractivity contribution in [1.82, 2.24) is 4.31 Å². The molecule has 0 aromatic heterocycles. The maximum absolute atomic E-state index is 12.8. The van der Waals surface area contributed by atoms with E-state index in [-0.39, 0.29) is 34.3 Å². The largest absolute Gasteiger partial charge is 0.273 e. The van der Waals surface area contributed by atoms with Gasteiger partial charge in [-0.3, -0.25) is 4.79 Å². The SMILES string of the molecule is CN([C@H]1CCS(=O)(=O)C1)S(=O)(=O)c1ccc(N2C(=O)C(C)(C)CS2(=O)=O)cc1. The van der Waals surface area contributed by atoms with E-state index < -0.39 is 47.2 Å². The van der Waals surface area contributed by atoms with Gasteiger partial charge in [-0.15, -0.1) is 0 Å². The first kappa shape index (κ1) is 21.2. The molecule has 2 aliphatic heterocycles. The minimum absolute atomic E-state index is 0.0544. The molecule has 0 N–H and O–H groups in total. The first-order valence-electron chi connectivity index (χ1n) is 8.53. The van der Waals surface area contributed by atoms with Crippen LogP contribution < -0.4 is 4.31 Å². The Hall–Kier alpha value is -1.50. The summed E-state index contributed by atoms with van der Waals surface area (Å²) >= 11 is 0. The van der Waals surface area contributed by atoms with Gasteiger partial charge < -0.3 is 0 Å². The van der Waals surface area contributed by atoms with E-state index in [9.17, 15) is 30.0 Å². The molecule has 12 heteroatoms. The second-order valence-electron chi connectivity index (χ2n) is 7.78. The lowest BCUT2D eigenvalue weighted by Crippen LogP contribution is -2.37. The molecule has 28 heavy (non-hydrogen) atoms. The van der Waals surface area contributed by atoms with Gasteiger partial charge in [-0.1, -0.05) is 0 Å². The number of anilines is 1. The smallest absolute Gasteiger partial charge is 0.247 e. The van der Waals surface area contributed by atoms with Crippen LogP contribution in [0, 0.1) is 5.41 Å². The molecular weight excluding hydrogens is 428 g/mol. The quantitative estimate of drug-likeness (QED) is 0.641. The summed E-state index contributed by atoms with van der Waals surface area (Å²) in [5, 5.41) is 0. The van der Waals surface area contributed by atoms with Crippen molar-refractivity contribution in [3.63, 3.8) is 0 Å². The van der Waals surface area contributed by atoms with E-state index in [2.05, 4.69) is 0 Å². The van der Waals surface area contributed by atoms with Gasteiger partial charge in [0.05, 0.1) is 33.3 Å². The van der Waals surface area contributed by atoms with Crippen molar-refractivity contribution in [3.05, 3.63) is 24.3 Å². The van der Waals surface area contributed by atoms with Crippen molar-refractivity contribution >= 4 is 41.5 Å². The zero-order chi connectivity index (χ0) is 21.1. The lowest BCUT2D eigenvalue weighted by Gasteiger charge is -2.23. The van der Waals surface area contributed by atoms with E-state index in [4.69, 9.17) is 0 Å². The first-order chi connectivity index (χ1) is 12.7. The van der Waals surface area contributed by atoms with Gasteiger partial charge in [0.1, 0.15) is 0 Å². The number of carbonyl (C=O) groups excluding carboxylic acids is 1. The van der Waals surface area contributed by atoms with Crippen molar-refractivity contribution < 1.29 is 30.0 Å². The van der Waals surface area contributed by atoms with Crippen LogP contribution in [-0.4, -0.2) is 65.8 Å². The van der Waals surface area contributed by atoms with Gasteiger partial charge in [-0.25, -0.2) is 29.6 Å². The number of nitrogens with zero attached hydrogens (tertiary/aromatic N) is 2. The van der Waals surface area contributed by atoms with Crippen LogP contribution in [0.2, 0.25) is 0 Å². The average molecular weight is 451 g/mol. The number of sulfonamides is 2. The summed E-state index contributed by atoms with van der Waals surface area (Å²) in [6, 6.07) is 4.33. The predicted octanol–water partition coefficient (Wildman–Crippen LogP) is 0.197. The molecule has 2 saturated heterocycles. The van der Waals surface area contributed by atoms with E-state index in [1.54, 1.807) is 0 Å². The molecule has 0 unspecified atom stereocenters. The molecule has 0 spiro atoms. The average Bonchev–Trinajstić information content (AvgIpc) is 3.00. The third kappa shape index (κ3) is 3.58. The first-order valence-corrected chi connectivity index (χ1v) is 13.4. The van der Waals surface area contributed by atoms with Crippen molar-refractivity contribution in [2.75, 3.05) is 28.6 Å². The maximum atomic E-state index is 12.8. The third-order valence-corrected chi connectivity index (χ3v) is 10.7. The summed E-state index contributed by atoms with van der Waals surface area (Å²) in [6.07, 6.45) is 0.228. The molecule has 2 aliphatic rings. The summed E-state index contributed by atoms with van der Waals surface area (Å²) in [5.74, 6) is -1.17. The van der Waals surface area contributed by atoms with Gasteiger partial charge in [0.25, 0.3) is 0 Å². The fraction of sp³-hybridized carbons (Fsp3) is 0.562. The zero-order valence-corrected chi connectivity index (χ0v) is 18.1. The molecular formula is C16H22N2O7S3. The van der Waals surface area contributed by atoms with Crippen LogP contribution in [0.15, 0.2) is 29.2 Å². The standard InChI is InChI=1S/C16H22N2O7S3/c1-16(2)11-27(22,23)18(15(16)19)12-4-6-14(7-5-12)28(24,25)17(3)13-8-9-26(20,21)10-13/h4-7,13H,8-11H2,1-3H3/t13-/m0/s1. The Kier molecular flexibility index (Phi) is 4.93. The molecule has 0 saturated carbocycles. The fourth-order valence-corrected chi connectivity index (χ4v) is 8.80. The second kappa shape index (κ2) is 6.51. The molecule has 2 heterocycles. The number of amides is 1. The van der Waals surface area contributed by atoms with Crippen LogP contribution in [0.1, 0.15) is 20.3 Å². The van der Waals surface area contributed by atoms with Crippen LogP contribution >= 0.6 is 0 Å². The number of hydrogen-bond donors (Lipinski definition) is 0. The van der Waals surface area contributed by atoms with Gasteiger partial charge in [0.15, 0.2) is 9.84 Å². The van der Waals surface area contributed by atoms with Crippen molar-refractivity contribution in [2.24, 2.45) is 5.41 Å². The second-order valence-corrected chi connectivity index (χ2v) is 13.8. The Morgan fingerprint density at radius 3 is 2.11 bits per heavy atom. The molecule has 1 aromatic carbocycles. The summed E-state index contributed by atoms with van der Waals surface area (Å²) in [4.78, 5) is 12.3. The van der Waals surface area contributed by atoms with Gasteiger partial charge in [-0.05, 0) is 44.5 Å². The van der Waals surface area contributed by atoms with Crippen molar-refractivity contribution in [3.8, 4) is 0 Å². The van der Waals surface area contributed by atoms with E-state index in [0.29, 0.717) is 4.31 Å². The monoisotopic (exact) mass is 450 g/mol. The maximum Gasteiger partial charge on any atom is 0.247 e. The van der Waals surface area contributed by atoms with E-state index in [0.717, 1.165) is 4.31 Å². The normalized spacial score (nSPS) is 26.1. The number of hydrogen-bond acceptors (Lipinski definition) is 7. The summed E-state index contributed by atoms with van der Waals surface area (Å²) in [5.41, 5.74) is -0.988. The Balaban J connectivity index is 1.89. The minimum atomic E-state index is -3.96. The molecule has 0 radical (unpaired) electrons. The Morgan fingerprint density at radius 1 is 1.11 bits per heavy atom. The van der Waals surface area contributed by atoms with Crippen LogP contribution in [0.25, 0.3) is 0 Å². The highest BCUT2D eigenvalue weighted by Gasteiger charge is 2.50. The zero-order valence-electron chi connectivity index (χ0n) is 15.7. The van der Waals surface area contributed by atoms with Crippen LogP contribution in [0.5, 0.6) is 0 Å². The van der Waals surface area contributed by atoms with Crippen LogP contribution in [-0.2, 0) is 34.7 Å². The van der Waals surface area contributed by atoms with Gasteiger partial charge in [-0.2, -0.15) is 4.31 Å². The number of rotatable bonds is 4. The predicted molar refractivity (Wildman–Crippen MR) is 104 cm³/mol. The molecule has 1 atom stereocenters. The topological polar surface area (TPSA) is 126 Å². The van der Waals surface area contributed by atoms with Gasteiger partial charge >= 0.3 is 0 Å². The Labute approximate surface area is 165 Å². The Bertz CT molecular complexity index is 1120. The van der Waals surface area contributed by atoms with E-state index in [1.165, 1.54) is 45.2 Å². The van der Waals surface area contributed by atoms with E-state index in [1.807, 2.05) is 0 Å². The number of benzene rings is 1. The molecule has 1 amide bonds. The lowest BCUT2D eigenvalue weighted by molar-refractivity contribution is -0.123. The molecule has 2 fully saturated rings.